The van der Waals surface area contributed by atoms with Crippen LogP contribution in [-0.4, -0.2) is 73.3 Å². The summed E-state index contributed by atoms with van der Waals surface area (Å²) >= 11 is 0. The lowest BCUT2D eigenvalue weighted by atomic mass is 9.72. The molecule has 0 bridgehead atoms. The third kappa shape index (κ3) is 14.6. The number of benzene rings is 1. The fourth-order valence-electron chi connectivity index (χ4n) is 6.98. The molecule has 2 amide bonds. The second kappa shape index (κ2) is 18.5. The number of carbonyl (C=O) groups is 2. The van der Waals surface area contributed by atoms with Crippen LogP contribution in [0.1, 0.15) is 163 Å². The molecule has 1 aromatic carbocycles. The highest BCUT2D eigenvalue weighted by Gasteiger charge is 2.35. The van der Waals surface area contributed by atoms with E-state index in [1.807, 2.05) is 0 Å². The van der Waals surface area contributed by atoms with Crippen molar-refractivity contribution in [2.24, 2.45) is 39.4 Å². The largest absolute Gasteiger partial charge is 0.306 e. The van der Waals surface area contributed by atoms with Gasteiger partial charge in [-0.2, -0.15) is 0 Å². The maximum Gasteiger partial charge on any atom is 0.261 e. The second-order valence-corrected chi connectivity index (χ2v) is 19.5. The highest BCUT2D eigenvalue weighted by molar-refractivity contribution is 6.21. The van der Waals surface area contributed by atoms with Gasteiger partial charge in [0, 0.05) is 19.6 Å². The molecule has 1 saturated carbocycles. The Kier molecular flexibility index (Phi) is 17.1. The van der Waals surface area contributed by atoms with E-state index in [0.717, 1.165) is 24.2 Å². The third-order valence-electron chi connectivity index (χ3n) is 11.0. The van der Waals surface area contributed by atoms with Gasteiger partial charge in [-0.15, -0.1) is 0 Å². The standard InChI is InChI=1S/C14H17NO2.C10H21N.C10H20.C8H17N.CH4/c1-14(2,3)8-9-15-12(16)10-6-4-5-7-11(10)13(15)17;1-10(2,3)9-5-7-11(4)8-6-9;1-10(2,3)9-7-5-4-6-8-9;1-8(2,3)7-5-9(4)6-7;/h4-7H,8-9H2,1-3H3;9H,5-8H2,1-4H3;9H,4-8H2,1-3H3;7H,5-6H2,1-4H3;1H4. The number of hydrogen-bond acceptors (Lipinski definition) is 4. The summed E-state index contributed by atoms with van der Waals surface area (Å²) in [6.45, 7) is 33.2. The first-order chi connectivity index (χ1) is 21.5. The zero-order valence-electron chi connectivity index (χ0n) is 33.4. The van der Waals surface area contributed by atoms with E-state index in [0.29, 0.717) is 33.9 Å². The summed E-state index contributed by atoms with van der Waals surface area (Å²) in [4.78, 5) is 30.2. The minimum atomic E-state index is -0.158. The Morgan fingerprint density at radius 3 is 1.29 bits per heavy atom. The van der Waals surface area contributed by atoms with Crippen molar-refractivity contribution >= 4 is 11.8 Å². The summed E-state index contributed by atoms with van der Waals surface area (Å²) in [6, 6.07) is 7.01. The number of carbonyl (C=O) groups excluding carboxylic acids is 2. The Balaban J connectivity index is 0.000000329. The van der Waals surface area contributed by atoms with Crippen molar-refractivity contribution in [3.05, 3.63) is 35.4 Å². The summed E-state index contributed by atoms with van der Waals surface area (Å²) in [5.74, 6) is 2.56. The van der Waals surface area contributed by atoms with Gasteiger partial charge < -0.3 is 9.80 Å². The molecule has 5 rings (SSSR count). The Hall–Kier alpha value is -1.72. The molecule has 278 valence electrons. The van der Waals surface area contributed by atoms with Crippen LogP contribution in [0.3, 0.4) is 0 Å². The number of piperidine rings is 1. The Morgan fingerprint density at radius 1 is 0.583 bits per heavy atom. The molecule has 4 aliphatic rings. The molecule has 5 heteroatoms. The first-order valence-corrected chi connectivity index (χ1v) is 18.8. The number of fused-ring (bicyclic) bond motifs is 1. The first-order valence-electron chi connectivity index (χ1n) is 18.8. The molecule has 0 atom stereocenters. The predicted molar refractivity (Wildman–Crippen MR) is 209 cm³/mol. The molecule has 0 aromatic heterocycles. The van der Waals surface area contributed by atoms with Gasteiger partial charge in [0.2, 0.25) is 0 Å². The van der Waals surface area contributed by atoms with Crippen molar-refractivity contribution in [2.45, 2.75) is 142 Å². The zero-order valence-corrected chi connectivity index (χ0v) is 33.4. The molecule has 2 saturated heterocycles. The van der Waals surface area contributed by atoms with Crippen molar-refractivity contribution in [3.8, 4) is 0 Å². The third-order valence-corrected chi connectivity index (χ3v) is 11.0. The van der Waals surface area contributed by atoms with Gasteiger partial charge in [-0.3, -0.25) is 14.5 Å². The molecule has 0 spiro atoms. The number of likely N-dealkylation sites (tertiary alicyclic amines) is 2. The van der Waals surface area contributed by atoms with Crippen LogP contribution in [0.25, 0.3) is 0 Å². The summed E-state index contributed by atoms with van der Waals surface area (Å²) in [5, 5.41) is 0. The SMILES string of the molecule is C.CC(C)(C)C1CCCCC1.CC(C)(C)CCN1C(=O)c2ccccc2C1=O.CN1CC(C(C)(C)C)C1.CN1CCC(C(C)(C)C)CC1. The second-order valence-electron chi connectivity index (χ2n) is 19.5. The quantitative estimate of drug-likeness (QED) is 0.294. The highest BCUT2D eigenvalue weighted by atomic mass is 16.2. The number of imide groups is 1. The van der Waals surface area contributed by atoms with Crippen LogP contribution in [0, 0.1) is 39.4 Å². The van der Waals surface area contributed by atoms with Crippen molar-refractivity contribution < 1.29 is 9.59 Å². The maximum atomic E-state index is 12.0. The molecule has 1 aliphatic carbocycles. The lowest BCUT2D eigenvalue weighted by molar-refractivity contribution is 0.0459. The van der Waals surface area contributed by atoms with E-state index >= 15 is 0 Å². The van der Waals surface area contributed by atoms with E-state index in [4.69, 9.17) is 0 Å². The van der Waals surface area contributed by atoms with Crippen molar-refractivity contribution in [2.75, 3.05) is 46.8 Å². The summed E-state index contributed by atoms with van der Waals surface area (Å²) in [7, 11) is 4.40. The van der Waals surface area contributed by atoms with Crippen LogP contribution in [0.5, 0.6) is 0 Å². The first kappa shape index (κ1) is 44.3. The van der Waals surface area contributed by atoms with Crippen LogP contribution in [-0.2, 0) is 0 Å². The molecular formula is C43H79N3O2. The minimum Gasteiger partial charge on any atom is -0.306 e. The molecule has 0 radical (unpaired) electrons. The molecule has 3 aliphatic heterocycles. The smallest absolute Gasteiger partial charge is 0.261 e. The number of rotatable bonds is 2. The summed E-state index contributed by atoms with van der Waals surface area (Å²) in [5.41, 5.74) is 2.82. The van der Waals surface area contributed by atoms with Gasteiger partial charge in [0.15, 0.2) is 0 Å². The fraction of sp³-hybridized carbons (Fsp3) is 0.814. The van der Waals surface area contributed by atoms with Gasteiger partial charge in [0.1, 0.15) is 0 Å². The summed E-state index contributed by atoms with van der Waals surface area (Å²) in [6.07, 6.45) is 11.0. The van der Waals surface area contributed by atoms with E-state index in [2.05, 4.69) is 107 Å². The molecule has 3 fully saturated rings. The van der Waals surface area contributed by atoms with Crippen LogP contribution >= 0.6 is 0 Å². The number of amides is 2. The van der Waals surface area contributed by atoms with E-state index in [1.54, 1.807) is 24.3 Å². The minimum absolute atomic E-state index is 0. The molecule has 0 unspecified atom stereocenters. The van der Waals surface area contributed by atoms with Crippen molar-refractivity contribution in [3.63, 3.8) is 0 Å². The van der Waals surface area contributed by atoms with Crippen molar-refractivity contribution in [1.82, 2.24) is 14.7 Å². The lowest BCUT2D eigenvalue weighted by Crippen LogP contribution is -2.49. The van der Waals surface area contributed by atoms with Crippen LogP contribution in [0.4, 0.5) is 0 Å². The lowest BCUT2D eigenvalue weighted by Gasteiger charge is -2.44. The van der Waals surface area contributed by atoms with Gasteiger partial charge >= 0.3 is 0 Å². The topological polar surface area (TPSA) is 43.9 Å². The Labute approximate surface area is 299 Å². The molecule has 0 N–H and O–H groups in total. The Morgan fingerprint density at radius 2 is 0.979 bits per heavy atom. The van der Waals surface area contributed by atoms with Crippen LogP contribution in [0.15, 0.2) is 24.3 Å². The zero-order chi connectivity index (χ0) is 35.8. The fourth-order valence-corrected chi connectivity index (χ4v) is 6.98. The normalized spacial score (nSPS) is 20.2. The van der Waals surface area contributed by atoms with Crippen LogP contribution < -0.4 is 0 Å². The molecule has 3 heterocycles. The predicted octanol–water partition coefficient (Wildman–Crippen LogP) is 10.9. The maximum absolute atomic E-state index is 12.0. The van der Waals surface area contributed by atoms with Crippen LogP contribution in [0.2, 0.25) is 0 Å². The molecule has 48 heavy (non-hydrogen) atoms. The van der Waals surface area contributed by atoms with E-state index in [1.165, 1.54) is 76.0 Å². The molecular weight excluding hydrogens is 590 g/mol. The number of nitrogens with zero attached hydrogens (tertiary/aromatic N) is 3. The monoisotopic (exact) mass is 670 g/mol. The van der Waals surface area contributed by atoms with Gasteiger partial charge in [0.25, 0.3) is 11.8 Å². The average molecular weight is 670 g/mol. The van der Waals surface area contributed by atoms with Crippen molar-refractivity contribution in [1.29, 1.82) is 0 Å². The molecule has 5 nitrogen and oxygen atoms in total. The molecule has 1 aromatic rings. The highest BCUT2D eigenvalue weighted by Crippen LogP contribution is 2.37. The summed E-state index contributed by atoms with van der Waals surface area (Å²) < 4.78 is 0. The van der Waals surface area contributed by atoms with E-state index in [9.17, 15) is 9.59 Å². The average Bonchev–Trinajstić information content (AvgIpc) is 3.19. The Bertz CT molecular complexity index is 1060. The van der Waals surface area contributed by atoms with E-state index in [-0.39, 0.29) is 24.7 Å². The van der Waals surface area contributed by atoms with Gasteiger partial charge in [-0.05, 0) is 111 Å². The number of hydrogen-bond donors (Lipinski definition) is 0. The van der Waals surface area contributed by atoms with Gasteiger partial charge in [-0.1, -0.05) is 122 Å². The van der Waals surface area contributed by atoms with Gasteiger partial charge in [0.05, 0.1) is 11.1 Å². The van der Waals surface area contributed by atoms with E-state index < -0.39 is 0 Å². The van der Waals surface area contributed by atoms with Gasteiger partial charge in [-0.25, -0.2) is 0 Å².